The molecule has 1 aromatic heterocycles. The van der Waals surface area contributed by atoms with Gasteiger partial charge in [0.25, 0.3) is 11.5 Å². The molecular formula is C14H12BrFN2O2. The molecule has 20 heavy (non-hydrogen) atoms. The van der Waals surface area contributed by atoms with E-state index in [-0.39, 0.29) is 15.6 Å². The average molecular weight is 339 g/mol. The number of pyridine rings is 1. The van der Waals surface area contributed by atoms with Gasteiger partial charge in [0, 0.05) is 30.6 Å². The summed E-state index contributed by atoms with van der Waals surface area (Å²) in [6, 6.07) is 5.61. The molecule has 104 valence electrons. The molecule has 4 nitrogen and oxygen atoms in total. The zero-order chi connectivity index (χ0) is 14.9. The largest absolute Gasteiger partial charge is 0.322 e. The molecule has 2 aromatic rings. The zero-order valence-corrected chi connectivity index (χ0v) is 12.5. The lowest BCUT2D eigenvalue weighted by Crippen LogP contribution is -2.20. The van der Waals surface area contributed by atoms with Crippen molar-refractivity contribution in [2.45, 2.75) is 6.92 Å². The molecule has 0 aliphatic rings. The van der Waals surface area contributed by atoms with Crippen LogP contribution < -0.4 is 10.9 Å². The number of benzene rings is 1. The summed E-state index contributed by atoms with van der Waals surface area (Å²) in [5.74, 6) is -0.807. The van der Waals surface area contributed by atoms with Gasteiger partial charge in [-0.1, -0.05) is 0 Å². The predicted octanol–water partition coefficient (Wildman–Crippen LogP) is 2.85. The van der Waals surface area contributed by atoms with E-state index in [0.717, 1.165) is 0 Å². The Bertz CT molecular complexity index is 740. The first-order chi connectivity index (χ1) is 9.38. The fraction of sp³-hybridized carbons (Fsp3) is 0.143. The van der Waals surface area contributed by atoms with Crippen LogP contribution >= 0.6 is 15.9 Å². The van der Waals surface area contributed by atoms with Crippen LogP contribution in [0.2, 0.25) is 0 Å². The van der Waals surface area contributed by atoms with E-state index in [2.05, 4.69) is 21.2 Å². The van der Waals surface area contributed by atoms with Gasteiger partial charge in [0.05, 0.1) is 4.47 Å². The van der Waals surface area contributed by atoms with Crippen LogP contribution in [0.25, 0.3) is 0 Å². The maximum atomic E-state index is 13.3. The molecule has 0 bridgehead atoms. The Morgan fingerprint density at radius 1 is 1.35 bits per heavy atom. The summed E-state index contributed by atoms with van der Waals surface area (Å²) < 4.78 is 15.0. The van der Waals surface area contributed by atoms with E-state index < -0.39 is 11.7 Å². The van der Waals surface area contributed by atoms with Crippen LogP contribution in [-0.2, 0) is 7.05 Å². The van der Waals surface area contributed by atoms with Crippen molar-refractivity contribution in [3.05, 3.63) is 62.2 Å². The molecular weight excluding hydrogens is 327 g/mol. The molecule has 2 rings (SSSR count). The zero-order valence-electron chi connectivity index (χ0n) is 10.9. The van der Waals surface area contributed by atoms with Crippen LogP contribution in [0.4, 0.5) is 10.1 Å². The van der Waals surface area contributed by atoms with Gasteiger partial charge in [-0.3, -0.25) is 9.59 Å². The molecule has 0 aliphatic heterocycles. The normalized spacial score (nSPS) is 10.4. The van der Waals surface area contributed by atoms with Crippen molar-refractivity contribution in [3.63, 3.8) is 0 Å². The lowest BCUT2D eigenvalue weighted by molar-refractivity contribution is 0.102. The average Bonchev–Trinajstić information content (AvgIpc) is 2.39. The highest BCUT2D eigenvalue weighted by Crippen LogP contribution is 2.24. The van der Waals surface area contributed by atoms with Crippen molar-refractivity contribution in [1.82, 2.24) is 4.57 Å². The number of halogens is 2. The number of hydrogen-bond acceptors (Lipinski definition) is 2. The third-order valence-corrected chi connectivity index (χ3v) is 3.49. The summed E-state index contributed by atoms with van der Waals surface area (Å²) in [6.07, 6.45) is 1.52. The molecule has 1 N–H and O–H groups in total. The molecule has 0 atom stereocenters. The minimum atomic E-state index is -0.413. The number of aromatic nitrogens is 1. The van der Waals surface area contributed by atoms with E-state index in [1.807, 2.05) is 0 Å². The van der Waals surface area contributed by atoms with Gasteiger partial charge in [-0.25, -0.2) is 4.39 Å². The van der Waals surface area contributed by atoms with Crippen molar-refractivity contribution >= 4 is 27.5 Å². The van der Waals surface area contributed by atoms with Crippen LogP contribution in [0, 0.1) is 12.7 Å². The monoisotopic (exact) mass is 338 g/mol. The Balaban J connectivity index is 2.30. The van der Waals surface area contributed by atoms with Crippen molar-refractivity contribution in [3.8, 4) is 0 Å². The van der Waals surface area contributed by atoms with Gasteiger partial charge in [-0.05, 0) is 46.6 Å². The van der Waals surface area contributed by atoms with E-state index in [1.54, 1.807) is 20.0 Å². The fourth-order valence-electron chi connectivity index (χ4n) is 1.67. The molecule has 6 heteroatoms. The fourth-order valence-corrected chi connectivity index (χ4v) is 2.01. The van der Waals surface area contributed by atoms with Crippen molar-refractivity contribution in [2.24, 2.45) is 7.05 Å². The second-order valence-electron chi connectivity index (χ2n) is 4.40. The molecule has 0 radical (unpaired) electrons. The number of nitrogens with one attached hydrogen (secondary N) is 1. The van der Waals surface area contributed by atoms with Gasteiger partial charge in [-0.2, -0.15) is 0 Å². The Hall–Kier alpha value is -1.95. The highest BCUT2D eigenvalue weighted by molar-refractivity contribution is 9.10. The van der Waals surface area contributed by atoms with Crippen molar-refractivity contribution in [2.75, 3.05) is 5.32 Å². The molecule has 1 amide bonds. The lowest BCUT2D eigenvalue weighted by atomic mass is 10.2. The SMILES string of the molecule is Cc1cc(F)c(Br)cc1NC(=O)c1ccn(C)c(=O)c1. The summed E-state index contributed by atoms with van der Waals surface area (Å²) in [6.45, 7) is 1.69. The number of amides is 1. The van der Waals surface area contributed by atoms with Crippen LogP contribution in [0.15, 0.2) is 39.7 Å². The van der Waals surface area contributed by atoms with E-state index in [0.29, 0.717) is 11.3 Å². The molecule has 0 spiro atoms. The Morgan fingerprint density at radius 3 is 2.70 bits per heavy atom. The minimum Gasteiger partial charge on any atom is -0.322 e. The number of nitrogens with zero attached hydrogens (tertiary/aromatic N) is 1. The third-order valence-electron chi connectivity index (χ3n) is 2.88. The van der Waals surface area contributed by atoms with Crippen molar-refractivity contribution in [1.29, 1.82) is 0 Å². The highest BCUT2D eigenvalue weighted by atomic mass is 79.9. The summed E-state index contributed by atoms with van der Waals surface area (Å²) in [5.41, 5.74) is 1.08. The highest BCUT2D eigenvalue weighted by Gasteiger charge is 2.11. The molecule has 1 aromatic carbocycles. The van der Waals surface area contributed by atoms with Gasteiger partial charge in [-0.15, -0.1) is 0 Å². The second-order valence-corrected chi connectivity index (χ2v) is 5.25. The molecule has 0 saturated carbocycles. The van der Waals surface area contributed by atoms with Gasteiger partial charge in [0.1, 0.15) is 5.82 Å². The third kappa shape index (κ3) is 2.96. The Morgan fingerprint density at radius 2 is 2.05 bits per heavy atom. The van der Waals surface area contributed by atoms with Gasteiger partial charge < -0.3 is 9.88 Å². The minimum absolute atomic E-state index is 0.257. The van der Waals surface area contributed by atoms with Gasteiger partial charge >= 0.3 is 0 Å². The predicted molar refractivity (Wildman–Crippen MR) is 78.5 cm³/mol. The quantitative estimate of drug-likeness (QED) is 0.915. The van der Waals surface area contributed by atoms with Crippen molar-refractivity contribution < 1.29 is 9.18 Å². The second kappa shape index (κ2) is 5.58. The van der Waals surface area contributed by atoms with E-state index in [9.17, 15) is 14.0 Å². The number of carbonyl (C=O) groups is 1. The molecule has 0 saturated heterocycles. The Kier molecular flexibility index (Phi) is 4.04. The number of aryl methyl sites for hydroxylation is 2. The number of rotatable bonds is 2. The molecule has 1 heterocycles. The first-order valence-corrected chi connectivity index (χ1v) is 6.61. The smallest absolute Gasteiger partial charge is 0.255 e. The first kappa shape index (κ1) is 14.5. The summed E-state index contributed by atoms with van der Waals surface area (Å²) in [7, 11) is 1.60. The molecule has 0 unspecified atom stereocenters. The molecule has 0 fully saturated rings. The first-order valence-electron chi connectivity index (χ1n) is 5.82. The van der Waals surface area contributed by atoms with Crippen LogP contribution in [0.3, 0.4) is 0 Å². The van der Waals surface area contributed by atoms with Crippen LogP contribution in [0.5, 0.6) is 0 Å². The summed E-state index contributed by atoms with van der Waals surface area (Å²) >= 11 is 3.07. The van der Waals surface area contributed by atoms with Gasteiger partial charge in [0.2, 0.25) is 0 Å². The van der Waals surface area contributed by atoms with Crippen LogP contribution in [-0.4, -0.2) is 10.5 Å². The van der Waals surface area contributed by atoms with Gasteiger partial charge in [0.15, 0.2) is 0 Å². The summed E-state index contributed by atoms with van der Waals surface area (Å²) in [5, 5.41) is 2.66. The van der Waals surface area contributed by atoms with Crippen LogP contribution in [0.1, 0.15) is 15.9 Å². The topological polar surface area (TPSA) is 51.1 Å². The Labute approximate surface area is 123 Å². The van der Waals surface area contributed by atoms with E-state index in [1.165, 1.54) is 29.0 Å². The maximum absolute atomic E-state index is 13.3. The molecule has 0 aliphatic carbocycles. The standard InChI is InChI=1S/C14H12BrFN2O2/c1-8-5-11(16)10(15)7-12(8)17-14(20)9-3-4-18(2)13(19)6-9/h3-7H,1-2H3,(H,17,20). The maximum Gasteiger partial charge on any atom is 0.255 e. The number of hydrogen-bond donors (Lipinski definition) is 1. The number of anilines is 1. The number of carbonyl (C=O) groups excluding carboxylic acids is 1. The van der Waals surface area contributed by atoms with E-state index in [4.69, 9.17) is 0 Å². The summed E-state index contributed by atoms with van der Waals surface area (Å²) in [4.78, 5) is 23.5. The van der Waals surface area contributed by atoms with E-state index >= 15 is 0 Å². The lowest BCUT2D eigenvalue weighted by Gasteiger charge is -2.10.